The van der Waals surface area contributed by atoms with Crippen LogP contribution in [0.2, 0.25) is 0 Å². The minimum atomic E-state index is 0. The molecule has 0 bridgehead atoms. The number of hydrogen-bond donors (Lipinski definition) is 2. The lowest BCUT2D eigenvalue weighted by Gasteiger charge is -2.32. The highest BCUT2D eigenvalue weighted by Gasteiger charge is 2.20. The minimum absolute atomic E-state index is 0. The lowest BCUT2D eigenvalue weighted by atomic mass is 10.0. The van der Waals surface area contributed by atoms with Crippen LogP contribution in [-0.2, 0) is 11.2 Å². The molecule has 0 aliphatic carbocycles. The highest BCUT2D eigenvalue weighted by atomic mass is 16.1. The number of hydrogen-bond acceptors (Lipinski definition) is 2. The van der Waals surface area contributed by atoms with Crippen LogP contribution >= 0.6 is 0 Å². The van der Waals surface area contributed by atoms with Crippen molar-refractivity contribution < 1.29 is 10.3 Å². The number of H-pyrrole nitrogens is 1. The quantitative estimate of drug-likeness (QED) is 0.844. The van der Waals surface area contributed by atoms with Crippen molar-refractivity contribution in [1.82, 2.24) is 15.2 Å². The maximum Gasteiger partial charge on any atom is 0.220 e. The molecule has 1 aromatic heterocycles. The van der Waals surface area contributed by atoms with Crippen molar-refractivity contribution in [3.8, 4) is 0 Å². The molecule has 1 saturated heterocycles. The lowest BCUT2D eigenvalue weighted by Crippen LogP contribution is -2.45. The summed E-state index contributed by atoms with van der Waals surface area (Å²) in [6.45, 7) is 7.48. The molecular formula is C20H31N3O2. The van der Waals surface area contributed by atoms with Crippen LogP contribution in [0.25, 0.3) is 10.9 Å². The molecule has 1 aliphatic heterocycles. The molecule has 5 heteroatoms. The van der Waals surface area contributed by atoms with Gasteiger partial charge in [-0.3, -0.25) is 4.79 Å². The lowest BCUT2D eigenvalue weighted by molar-refractivity contribution is -0.122. The van der Waals surface area contributed by atoms with Crippen LogP contribution in [0, 0.1) is 6.92 Å². The fraction of sp³-hybridized carbons (Fsp3) is 0.550. The van der Waals surface area contributed by atoms with Gasteiger partial charge in [0.1, 0.15) is 0 Å². The van der Waals surface area contributed by atoms with E-state index in [-0.39, 0.29) is 11.4 Å². The summed E-state index contributed by atoms with van der Waals surface area (Å²) < 4.78 is 0. The summed E-state index contributed by atoms with van der Waals surface area (Å²) in [5.41, 5.74) is 3.98. The highest BCUT2D eigenvalue weighted by Crippen LogP contribution is 2.23. The summed E-state index contributed by atoms with van der Waals surface area (Å²) in [6.07, 6.45) is 4.81. The van der Waals surface area contributed by atoms with Gasteiger partial charge < -0.3 is 20.7 Å². The number of aryl methyl sites for hydroxylation is 1. The van der Waals surface area contributed by atoms with E-state index in [1.165, 1.54) is 22.2 Å². The molecule has 5 nitrogen and oxygen atoms in total. The Kier molecular flexibility index (Phi) is 7.02. The fourth-order valence-electron chi connectivity index (χ4n) is 3.75. The molecule has 1 aliphatic rings. The number of para-hydroxylation sites is 1. The normalized spacial score (nSPS) is 15.9. The summed E-state index contributed by atoms with van der Waals surface area (Å²) in [6, 6.07) is 8.93. The zero-order valence-electron chi connectivity index (χ0n) is 15.4. The van der Waals surface area contributed by atoms with Crippen LogP contribution in [-0.4, -0.2) is 46.9 Å². The van der Waals surface area contributed by atoms with E-state index in [0.29, 0.717) is 12.5 Å². The second kappa shape index (κ2) is 9.02. The third-order valence-corrected chi connectivity index (χ3v) is 5.13. The number of carbonyl (C=O) groups excluding carboxylic acids is 1. The molecule has 0 atom stereocenters. The van der Waals surface area contributed by atoms with Crippen molar-refractivity contribution >= 4 is 16.8 Å². The molecule has 138 valence electrons. The second-order valence-electron chi connectivity index (χ2n) is 6.96. The Hall–Kier alpha value is -1.85. The van der Waals surface area contributed by atoms with Crippen molar-refractivity contribution in [2.45, 2.75) is 52.0 Å². The number of aromatic amines is 1. The fourth-order valence-corrected chi connectivity index (χ4v) is 3.75. The number of likely N-dealkylation sites (tertiary alicyclic amines) is 1. The van der Waals surface area contributed by atoms with Gasteiger partial charge in [-0.05, 0) is 44.2 Å². The zero-order valence-corrected chi connectivity index (χ0v) is 15.4. The summed E-state index contributed by atoms with van der Waals surface area (Å²) in [4.78, 5) is 17.7. The average molecular weight is 345 g/mol. The molecule has 4 N–H and O–H groups in total. The molecule has 1 aromatic carbocycles. The molecule has 2 heterocycles. The first-order valence-electron chi connectivity index (χ1n) is 9.25. The molecule has 0 saturated carbocycles. The Labute approximate surface area is 150 Å². The van der Waals surface area contributed by atoms with E-state index < -0.39 is 0 Å². The maximum absolute atomic E-state index is 11.7. The number of fused-ring (bicyclic) bond motifs is 1. The topological polar surface area (TPSA) is 79.6 Å². The van der Waals surface area contributed by atoms with E-state index in [2.05, 4.69) is 53.3 Å². The van der Waals surface area contributed by atoms with Gasteiger partial charge in [0.25, 0.3) is 0 Å². The second-order valence-corrected chi connectivity index (χ2v) is 6.96. The number of rotatable bonds is 6. The Balaban J connectivity index is 0.00000225. The van der Waals surface area contributed by atoms with Crippen molar-refractivity contribution in [2.75, 3.05) is 19.6 Å². The van der Waals surface area contributed by atoms with Crippen molar-refractivity contribution in [3.05, 3.63) is 35.5 Å². The molecule has 25 heavy (non-hydrogen) atoms. The zero-order chi connectivity index (χ0) is 16.9. The number of nitrogens with one attached hydrogen (secondary N) is 2. The molecule has 0 unspecified atom stereocenters. The summed E-state index contributed by atoms with van der Waals surface area (Å²) in [7, 11) is 0. The molecule has 1 fully saturated rings. The molecule has 1 amide bonds. The Morgan fingerprint density at radius 3 is 2.72 bits per heavy atom. The predicted octanol–water partition coefficient (Wildman–Crippen LogP) is 2.57. The van der Waals surface area contributed by atoms with Gasteiger partial charge in [-0.25, -0.2) is 0 Å². The van der Waals surface area contributed by atoms with E-state index in [9.17, 15) is 4.79 Å². The van der Waals surface area contributed by atoms with Crippen LogP contribution in [0.4, 0.5) is 0 Å². The summed E-state index contributed by atoms with van der Waals surface area (Å²) in [5.74, 6) is 0.213. The first-order chi connectivity index (χ1) is 11.7. The van der Waals surface area contributed by atoms with Gasteiger partial charge in [0.05, 0.1) is 0 Å². The first-order valence-corrected chi connectivity index (χ1v) is 9.25. The molecule has 0 spiro atoms. The predicted molar refractivity (Wildman–Crippen MR) is 103 cm³/mol. The SMILES string of the molecule is CCCC(=O)NC1CCN(CCc2c(C)[nH]c3ccccc23)CC1.O. The van der Waals surface area contributed by atoms with E-state index in [4.69, 9.17) is 0 Å². The molecule has 3 rings (SSSR count). The Bertz CT molecular complexity index is 687. The van der Waals surface area contributed by atoms with Crippen LogP contribution in [0.5, 0.6) is 0 Å². The van der Waals surface area contributed by atoms with Crippen molar-refractivity contribution in [3.63, 3.8) is 0 Å². The van der Waals surface area contributed by atoms with Gasteiger partial charge in [0.15, 0.2) is 0 Å². The smallest absolute Gasteiger partial charge is 0.220 e. The Morgan fingerprint density at radius 2 is 2.00 bits per heavy atom. The monoisotopic (exact) mass is 345 g/mol. The molecule has 2 aromatic rings. The van der Waals surface area contributed by atoms with Gasteiger partial charge in [-0.15, -0.1) is 0 Å². The number of benzene rings is 1. The number of carbonyl (C=O) groups is 1. The van der Waals surface area contributed by atoms with E-state index in [1.807, 2.05) is 0 Å². The summed E-state index contributed by atoms with van der Waals surface area (Å²) in [5, 5.41) is 4.53. The summed E-state index contributed by atoms with van der Waals surface area (Å²) >= 11 is 0. The van der Waals surface area contributed by atoms with Gasteiger partial charge >= 0.3 is 0 Å². The highest BCUT2D eigenvalue weighted by molar-refractivity contribution is 5.84. The molecule has 0 radical (unpaired) electrons. The maximum atomic E-state index is 11.7. The van der Waals surface area contributed by atoms with Crippen LogP contribution in [0.15, 0.2) is 24.3 Å². The van der Waals surface area contributed by atoms with Gasteiger partial charge in [-0.2, -0.15) is 0 Å². The van der Waals surface area contributed by atoms with Crippen LogP contribution < -0.4 is 5.32 Å². The third kappa shape index (κ3) is 4.83. The van der Waals surface area contributed by atoms with E-state index >= 15 is 0 Å². The van der Waals surface area contributed by atoms with Crippen molar-refractivity contribution in [2.24, 2.45) is 0 Å². The van der Waals surface area contributed by atoms with Crippen LogP contribution in [0.1, 0.15) is 43.9 Å². The number of aromatic nitrogens is 1. The Morgan fingerprint density at radius 1 is 1.28 bits per heavy atom. The van der Waals surface area contributed by atoms with Gasteiger partial charge in [0.2, 0.25) is 5.91 Å². The third-order valence-electron chi connectivity index (χ3n) is 5.13. The van der Waals surface area contributed by atoms with E-state index in [1.54, 1.807) is 0 Å². The standard InChI is InChI=1S/C20H29N3O.H2O/c1-3-6-20(24)22-16-9-12-23(13-10-16)14-11-17-15(2)21-19-8-5-4-7-18(17)19;/h4-5,7-8,16,21H,3,6,9-14H2,1-2H3,(H,22,24);1H2. The van der Waals surface area contributed by atoms with Crippen molar-refractivity contribution in [1.29, 1.82) is 0 Å². The van der Waals surface area contributed by atoms with E-state index in [0.717, 1.165) is 45.3 Å². The van der Waals surface area contributed by atoms with Gasteiger partial charge in [0, 0.05) is 48.7 Å². The largest absolute Gasteiger partial charge is 0.412 e. The van der Waals surface area contributed by atoms with Gasteiger partial charge in [-0.1, -0.05) is 25.1 Å². The minimum Gasteiger partial charge on any atom is -0.412 e. The number of piperidine rings is 1. The molecular weight excluding hydrogens is 314 g/mol. The average Bonchev–Trinajstić information content (AvgIpc) is 2.90. The van der Waals surface area contributed by atoms with Crippen LogP contribution in [0.3, 0.4) is 0 Å². The number of amides is 1. The number of nitrogens with zero attached hydrogens (tertiary/aromatic N) is 1. The first kappa shape index (κ1) is 19.5.